The minimum Gasteiger partial charge on any atom is -0.462 e. The van der Waals surface area contributed by atoms with Gasteiger partial charge in [-0.25, -0.2) is 9.13 Å². The minimum atomic E-state index is -4.95. The van der Waals surface area contributed by atoms with Gasteiger partial charge in [-0.2, -0.15) is 0 Å². The summed E-state index contributed by atoms with van der Waals surface area (Å²) in [7, 11) is -9.89. The molecule has 0 aliphatic heterocycles. The summed E-state index contributed by atoms with van der Waals surface area (Å²) < 4.78 is 68.0. The van der Waals surface area contributed by atoms with Crippen LogP contribution in [0.2, 0.25) is 0 Å². The summed E-state index contributed by atoms with van der Waals surface area (Å²) in [6.45, 7) is 9.45. The number of ether oxygens (including phenoxy) is 4. The zero-order chi connectivity index (χ0) is 63.6. The Kier molecular flexibility index (Phi) is 58.0. The number of carbonyl (C=O) groups is 4. The maximum atomic E-state index is 13.0. The van der Waals surface area contributed by atoms with Crippen molar-refractivity contribution in [1.82, 2.24) is 0 Å². The third-order valence-corrected chi connectivity index (χ3v) is 17.4. The van der Waals surface area contributed by atoms with E-state index < -0.39 is 97.5 Å². The van der Waals surface area contributed by atoms with E-state index in [1.165, 1.54) is 135 Å². The lowest BCUT2D eigenvalue weighted by molar-refractivity contribution is -0.161. The number of phosphoric ester groups is 2. The second kappa shape index (κ2) is 59.4. The fourth-order valence-corrected chi connectivity index (χ4v) is 11.6. The molecule has 0 bridgehead atoms. The van der Waals surface area contributed by atoms with Crippen LogP contribution in [0.15, 0.2) is 0 Å². The Balaban J connectivity index is 5.15. The predicted molar refractivity (Wildman–Crippen MR) is 345 cm³/mol. The molecule has 0 spiro atoms. The lowest BCUT2D eigenvalue weighted by atomic mass is 10.0. The molecule has 0 aliphatic rings. The second-order valence-electron chi connectivity index (χ2n) is 25.2. The quantitative estimate of drug-likeness (QED) is 0.0222. The third-order valence-electron chi connectivity index (χ3n) is 15.5. The Morgan fingerprint density at radius 2 is 0.535 bits per heavy atom. The standard InChI is InChI=1S/C67H130O17P2/c1-7-9-11-13-15-16-26-32-39-45-51-66(71)83-62(55-77-64(69)49-43-37-29-14-12-10-8-2)57-81-85(73,74)79-53-61(68)54-80-86(75,76)82-58-63(56-78-65(70)50-44-38-34-28-31-36-42-48-60(5)6)84-67(72)52-46-40-33-27-24-22-20-18-17-19-21-23-25-30-35-41-47-59(3)4/h59-63,68H,7-58H2,1-6H3,(H,73,74)(H,75,76)/t61-,62+,63+/m0/s1. The molecule has 19 heteroatoms. The van der Waals surface area contributed by atoms with Crippen LogP contribution in [-0.4, -0.2) is 96.7 Å². The molecular weight excluding hydrogens is 1140 g/mol. The number of hydrogen-bond acceptors (Lipinski definition) is 15. The summed E-state index contributed by atoms with van der Waals surface area (Å²) in [6, 6.07) is 0. The molecule has 0 radical (unpaired) electrons. The van der Waals surface area contributed by atoms with Crippen molar-refractivity contribution in [3.05, 3.63) is 0 Å². The van der Waals surface area contributed by atoms with E-state index in [0.29, 0.717) is 31.6 Å². The van der Waals surface area contributed by atoms with E-state index in [1.807, 2.05) is 0 Å². The summed E-state index contributed by atoms with van der Waals surface area (Å²) in [5.41, 5.74) is 0. The molecule has 0 amide bonds. The van der Waals surface area contributed by atoms with E-state index in [9.17, 15) is 43.2 Å². The van der Waals surface area contributed by atoms with Gasteiger partial charge in [0.2, 0.25) is 0 Å². The molecule has 0 saturated carbocycles. The van der Waals surface area contributed by atoms with Gasteiger partial charge in [0.15, 0.2) is 12.2 Å². The highest BCUT2D eigenvalue weighted by molar-refractivity contribution is 7.47. The summed E-state index contributed by atoms with van der Waals surface area (Å²) in [6.07, 6.45) is 43.3. The van der Waals surface area contributed by atoms with Crippen molar-refractivity contribution in [3.8, 4) is 0 Å². The zero-order valence-electron chi connectivity index (χ0n) is 55.6. The number of rotatable bonds is 66. The highest BCUT2D eigenvalue weighted by atomic mass is 31.2. The van der Waals surface area contributed by atoms with Crippen LogP contribution in [0.1, 0.15) is 337 Å². The highest BCUT2D eigenvalue weighted by Crippen LogP contribution is 2.45. The number of aliphatic hydroxyl groups is 1. The first-order valence-corrected chi connectivity index (χ1v) is 38.0. The molecule has 5 atom stereocenters. The Hall–Kier alpha value is -1.94. The molecule has 0 rings (SSSR count). The van der Waals surface area contributed by atoms with Crippen molar-refractivity contribution < 1.29 is 80.2 Å². The van der Waals surface area contributed by atoms with Crippen molar-refractivity contribution in [2.75, 3.05) is 39.6 Å². The van der Waals surface area contributed by atoms with E-state index in [2.05, 4.69) is 41.5 Å². The fraction of sp³-hybridized carbons (Fsp3) is 0.940. The molecule has 0 saturated heterocycles. The van der Waals surface area contributed by atoms with Gasteiger partial charge in [0.05, 0.1) is 26.4 Å². The zero-order valence-corrected chi connectivity index (χ0v) is 57.4. The van der Waals surface area contributed by atoms with Crippen LogP contribution in [0.3, 0.4) is 0 Å². The van der Waals surface area contributed by atoms with Crippen molar-refractivity contribution >= 4 is 39.5 Å². The molecule has 0 aromatic rings. The maximum Gasteiger partial charge on any atom is 0.472 e. The largest absolute Gasteiger partial charge is 0.472 e. The van der Waals surface area contributed by atoms with Crippen LogP contribution in [0.25, 0.3) is 0 Å². The van der Waals surface area contributed by atoms with E-state index in [1.54, 1.807) is 0 Å². The van der Waals surface area contributed by atoms with Gasteiger partial charge in [0, 0.05) is 25.7 Å². The number of esters is 4. The lowest BCUT2D eigenvalue weighted by Gasteiger charge is -2.21. The molecule has 0 aliphatic carbocycles. The summed E-state index contributed by atoms with van der Waals surface area (Å²) in [5.74, 6) is -0.620. The molecule has 0 heterocycles. The maximum absolute atomic E-state index is 13.0. The van der Waals surface area contributed by atoms with Gasteiger partial charge in [-0.3, -0.25) is 37.3 Å². The van der Waals surface area contributed by atoms with Gasteiger partial charge < -0.3 is 33.8 Å². The Morgan fingerprint density at radius 1 is 0.314 bits per heavy atom. The van der Waals surface area contributed by atoms with Crippen LogP contribution in [0, 0.1) is 11.8 Å². The minimum absolute atomic E-state index is 0.106. The molecule has 510 valence electrons. The second-order valence-corrected chi connectivity index (χ2v) is 28.1. The van der Waals surface area contributed by atoms with Gasteiger partial charge in [-0.15, -0.1) is 0 Å². The van der Waals surface area contributed by atoms with E-state index in [0.717, 1.165) is 115 Å². The summed E-state index contributed by atoms with van der Waals surface area (Å²) >= 11 is 0. The number of phosphoric acid groups is 2. The van der Waals surface area contributed by atoms with E-state index >= 15 is 0 Å². The van der Waals surface area contributed by atoms with Crippen LogP contribution in [0.4, 0.5) is 0 Å². The molecule has 86 heavy (non-hydrogen) atoms. The van der Waals surface area contributed by atoms with Gasteiger partial charge in [0.1, 0.15) is 19.3 Å². The van der Waals surface area contributed by atoms with Crippen LogP contribution >= 0.6 is 15.6 Å². The molecule has 17 nitrogen and oxygen atoms in total. The van der Waals surface area contributed by atoms with Crippen molar-refractivity contribution in [2.24, 2.45) is 11.8 Å². The molecular formula is C67H130O17P2. The molecule has 3 N–H and O–H groups in total. The first kappa shape index (κ1) is 84.1. The van der Waals surface area contributed by atoms with Crippen molar-refractivity contribution in [1.29, 1.82) is 0 Å². The SMILES string of the molecule is CCCCCCCCCCCCC(=O)O[C@H](COC(=O)CCCCCCCCC)COP(=O)(O)OC[C@H](O)COP(=O)(O)OC[C@@H](COC(=O)CCCCCCCCCC(C)C)OC(=O)CCCCCCCCCCCCCCCCCCC(C)C. The van der Waals surface area contributed by atoms with Crippen LogP contribution < -0.4 is 0 Å². The van der Waals surface area contributed by atoms with Crippen LogP contribution in [0.5, 0.6) is 0 Å². The average Bonchev–Trinajstić information content (AvgIpc) is 3.67. The normalized spacial score (nSPS) is 14.2. The predicted octanol–water partition coefficient (Wildman–Crippen LogP) is 18.8. The lowest BCUT2D eigenvalue weighted by Crippen LogP contribution is -2.30. The molecule has 0 aromatic heterocycles. The molecule has 0 aromatic carbocycles. The first-order chi connectivity index (χ1) is 41.4. The highest BCUT2D eigenvalue weighted by Gasteiger charge is 2.30. The van der Waals surface area contributed by atoms with E-state index in [4.69, 9.17) is 37.0 Å². The van der Waals surface area contributed by atoms with Crippen LogP contribution in [-0.2, 0) is 65.4 Å². The fourth-order valence-electron chi connectivity index (χ4n) is 10.1. The Morgan fingerprint density at radius 3 is 0.791 bits per heavy atom. The third kappa shape index (κ3) is 60.9. The van der Waals surface area contributed by atoms with Crippen molar-refractivity contribution in [3.63, 3.8) is 0 Å². The molecule has 0 fully saturated rings. The van der Waals surface area contributed by atoms with E-state index in [-0.39, 0.29) is 25.7 Å². The number of unbranched alkanes of at least 4 members (excludes halogenated alkanes) is 36. The smallest absolute Gasteiger partial charge is 0.462 e. The number of hydrogen-bond donors (Lipinski definition) is 3. The van der Waals surface area contributed by atoms with Gasteiger partial charge >= 0.3 is 39.5 Å². The van der Waals surface area contributed by atoms with Crippen molar-refractivity contribution in [2.45, 2.75) is 355 Å². The van der Waals surface area contributed by atoms with Gasteiger partial charge in [-0.05, 0) is 37.5 Å². The summed E-state index contributed by atoms with van der Waals surface area (Å²) in [4.78, 5) is 72.2. The Labute approximate surface area is 524 Å². The number of carbonyl (C=O) groups excluding carboxylic acids is 4. The molecule has 2 unspecified atom stereocenters. The first-order valence-electron chi connectivity index (χ1n) is 35.0. The van der Waals surface area contributed by atoms with Gasteiger partial charge in [-0.1, -0.05) is 286 Å². The summed E-state index contributed by atoms with van der Waals surface area (Å²) in [5, 5.41) is 10.5. The average molecular weight is 1270 g/mol. The monoisotopic (exact) mass is 1270 g/mol. The number of aliphatic hydroxyl groups excluding tert-OH is 1. The van der Waals surface area contributed by atoms with Gasteiger partial charge in [0.25, 0.3) is 0 Å². The topological polar surface area (TPSA) is 237 Å². The Bertz CT molecular complexity index is 1680.